The molecule has 5 heteroatoms. The molecule has 1 unspecified atom stereocenters. The Kier molecular flexibility index (Phi) is 4.66. The van der Waals surface area contributed by atoms with Crippen LogP contribution in [0, 0.1) is 11.8 Å². The Morgan fingerprint density at radius 2 is 2.32 bits per heavy atom. The third-order valence-corrected chi connectivity index (χ3v) is 4.02. The van der Waals surface area contributed by atoms with E-state index in [1.54, 1.807) is 13.2 Å². The second-order valence-corrected chi connectivity index (χ2v) is 5.25. The predicted molar refractivity (Wildman–Crippen MR) is 75.4 cm³/mol. The second-order valence-electron chi connectivity index (χ2n) is 4.85. The van der Waals surface area contributed by atoms with Gasteiger partial charge in [-0.05, 0) is 31.1 Å². The van der Waals surface area contributed by atoms with Crippen LogP contribution in [0.3, 0.4) is 0 Å². The summed E-state index contributed by atoms with van der Waals surface area (Å²) in [7, 11) is 1.60. The van der Waals surface area contributed by atoms with Crippen molar-refractivity contribution in [2.24, 2.45) is 11.8 Å². The van der Waals surface area contributed by atoms with Crippen LogP contribution in [0.25, 0.3) is 0 Å². The van der Waals surface area contributed by atoms with Crippen molar-refractivity contribution in [3.63, 3.8) is 0 Å². The van der Waals surface area contributed by atoms with Crippen molar-refractivity contribution in [3.05, 3.63) is 28.8 Å². The SMILES string of the molecule is COc1cccc(Cl)c1CNC(=O)C(C)C1CNC1. The molecule has 0 bridgehead atoms. The van der Waals surface area contributed by atoms with Gasteiger partial charge in [-0.2, -0.15) is 0 Å². The number of carbonyl (C=O) groups excluding carboxylic acids is 1. The zero-order valence-corrected chi connectivity index (χ0v) is 12.0. The van der Waals surface area contributed by atoms with Crippen molar-refractivity contribution in [3.8, 4) is 5.75 Å². The largest absolute Gasteiger partial charge is 0.496 e. The summed E-state index contributed by atoms with van der Waals surface area (Å²) in [5.41, 5.74) is 0.818. The molecule has 104 valence electrons. The number of hydrogen-bond acceptors (Lipinski definition) is 3. The molecule has 1 heterocycles. The minimum Gasteiger partial charge on any atom is -0.496 e. The van der Waals surface area contributed by atoms with Crippen LogP contribution < -0.4 is 15.4 Å². The summed E-state index contributed by atoms with van der Waals surface area (Å²) in [6.45, 7) is 4.20. The highest BCUT2D eigenvalue weighted by molar-refractivity contribution is 6.31. The number of rotatable bonds is 5. The van der Waals surface area contributed by atoms with Crippen molar-refractivity contribution in [2.45, 2.75) is 13.5 Å². The Hall–Kier alpha value is -1.26. The summed E-state index contributed by atoms with van der Waals surface area (Å²) >= 11 is 6.13. The minimum absolute atomic E-state index is 0.0229. The first-order chi connectivity index (χ1) is 9.13. The summed E-state index contributed by atoms with van der Waals surface area (Å²) in [5.74, 6) is 1.22. The van der Waals surface area contributed by atoms with E-state index in [1.165, 1.54) is 0 Å². The lowest BCUT2D eigenvalue weighted by Gasteiger charge is -2.31. The Labute approximate surface area is 118 Å². The van der Waals surface area contributed by atoms with E-state index in [0.717, 1.165) is 18.7 Å². The van der Waals surface area contributed by atoms with Gasteiger partial charge in [0, 0.05) is 23.0 Å². The van der Waals surface area contributed by atoms with Gasteiger partial charge in [0.2, 0.25) is 5.91 Å². The van der Waals surface area contributed by atoms with Gasteiger partial charge >= 0.3 is 0 Å². The van der Waals surface area contributed by atoms with Crippen molar-refractivity contribution >= 4 is 17.5 Å². The fraction of sp³-hybridized carbons (Fsp3) is 0.500. The normalized spacial score (nSPS) is 16.6. The molecule has 0 aliphatic carbocycles. The van der Waals surface area contributed by atoms with Crippen LogP contribution in [0.2, 0.25) is 5.02 Å². The average Bonchev–Trinajstić information content (AvgIpc) is 2.34. The molecular weight excluding hydrogens is 264 g/mol. The first-order valence-corrected chi connectivity index (χ1v) is 6.81. The molecule has 2 N–H and O–H groups in total. The highest BCUT2D eigenvalue weighted by Gasteiger charge is 2.28. The van der Waals surface area contributed by atoms with Gasteiger partial charge in [0.05, 0.1) is 7.11 Å². The maximum Gasteiger partial charge on any atom is 0.223 e. The number of ether oxygens (including phenoxy) is 1. The van der Waals surface area contributed by atoms with E-state index in [1.807, 2.05) is 19.1 Å². The molecule has 1 aromatic rings. The van der Waals surface area contributed by atoms with E-state index < -0.39 is 0 Å². The minimum atomic E-state index is 0.0229. The van der Waals surface area contributed by atoms with Crippen molar-refractivity contribution in [2.75, 3.05) is 20.2 Å². The topological polar surface area (TPSA) is 50.4 Å². The Balaban J connectivity index is 1.96. The first kappa shape index (κ1) is 14.2. The molecular formula is C14H19ClN2O2. The predicted octanol–water partition coefficient (Wildman–Crippen LogP) is 1.82. The Morgan fingerprint density at radius 1 is 1.58 bits per heavy atom. The molecule has 1 fully saturated rings. The number of amides is 1. The van der Waals surface area contributed by atoms with Crippen LogP contribution >= 0.6 is 11.6 Å². The van der Waals surface area contributed by atoms with Gasteiger partial charge in [0.1, 0.15) is 5.75 Å². The zero-order chi connectivity index (χ0) is 13.8. The van der Waals surface area contributed by atoms with Crippen LogP contribution in [0.15, 0.2) is 18.2 Å². The van der Waals surface area contributed by atoms with Gasteiger partial charge in [-0.1, -0.05) is 24.6 Å². The molecule has 1 amide bonds. The summed E-state index contributed by atoms with van der Waals surface area (Å²) in [6.07, 6.45) is 0. The molecule has 0 aromatic heterocycles. The van der Waals surface area contributed by atoms with E-state index in [0.29, 0.717) is 23.2 Å². The standard InChI is InChI=1S/C14H19ClN2O2/c1-9(10-6-16-7-10)14(18)17-8-11-12(15)4-3-5-13(11)19-2/h3-5,9-10,16H,6-8H2,1-2H3,(H,17,18). The van der Waals surface area contributed by atoms with Crippen LogP contribution in [0.5, 0.6) is 5.75 Å². The summed E-state index contributed by atoms with van der Waals surface area (Å²) in [4.78, 5) is 12.0. The third kappa shape index (κ3) is 3.19. The number of hydrogen-bond donors (Lipinski definition) is 2. The molecule has 4 nitrogen and oxygen atoms in total. The number of nitrogens with one attached hydrogen (secondary N) is 2. The van der Waals surface area contributed by atoms with Crippen LogP contribution in [-0.4, -0.2) is 26.1 Å². The highest BCUT2D eigenvalue weighted by Crippen LogP contribution is 2.26. The Bertz CT molecular complexity index is 461. The van der Waals surface area contributed by atoms with Gasteiger partial charge in [0.25, 0.3) is 0 Å². The number of benzene rings is 1. The molecule has 1 aliphatic rings. The lowest BCUT2D eigenvalue weighted by molar-refractivity contribution is -0.126. The van der Waals surface area contributed by atoms with Crippen LogP contribution in [-0.2, 0) is 11.3 Å². The third-order valence-electron chi connectivity index (χ3n) is 3.67. The van der Waals surface area contributed by atoms with E-state index in [-0.39, 0.29) is 11.8 Å². The van der Waals surface area contributed by atoms with Gasteiger partial charge in [-0.3, -0.25) is 4.79 Å². The van der Waals surface area contributed by atoms with Crippen LogP contribution in [0.1, 0.15) is 12.5 Å². The molecule has 1 aliphatic heterocycles. The highest BCUT2D eigenvalue weighted by atomic mass is 35.5. The molecule has 0 radical (unpaired) electrons. The summed E-state index contributed by atoms with van der Waals surface area (Å²) in [5, 5.41) is 6.72. The van der Waals surface area contributed by atoms with E-state index in [2.05, 4.69) is 10.6 Å². The fourth-order valence-corrected chi connectivity index (χ4v) is 2.35. The number of methoxy groups -OCH3 is 1. The average molecular weight is 283 g/mol. The van der Waals surface area contributed by atoms with Gasteiger partial charge < -0.3 is 15.4 Å². The van der Waals surface area contributed by atoms with Crippen molar-refractivity contribution < 1.29 is 9.53 Å². The first-order valence-electron chi connectivity index (χ1n) is 6.43. The molecule has 2 rings (SSSR count). The molecule has 0 spiro atoms. The smallest absolute Gasteiger partial charge is 0.223 e. The lowest BCUT2D eigenvalue weighted by Crippen LogP contribution is -2.49. The van der Waals surface area contributed by atoms with Gasteiger partial charge in [-0.25, -0.2) is 0 Å². The molecule has 19 heavy (non-hydrogen) atoms. The quantitative estimate of drug-likeness (QED) is 0.866. The maximum absolute atomic E-state index is 12.0. The molecule has 0 saturated carbocycles. The van der Waals surface area contributed by atoms with Crippen LogP contribution in [0.4, 0.5) is 0 Å². The van der Waals surface area contributed by atoms with Crippen molar-refractivity contribution in [1.29, 1.82) is 0 Å². The molecule has 1 aromatic carbocycles. The summed E-state index contributed by atoms with van der Waals surface area (Å²) < 4.78 is 5.25. The zero-order valence-electron chi connectivity index (χ0n) is 11.2. The molecule has 1 atom stereocenters. The number of halogens is 1. The fourth-order valence-electron chi connectivity index (χ4n) is 2.12. The number of carbonyl (C=O) groups is 1. The van der Waals surface area contributed by atoms with E-state index in [9.17, 15) is 4.79 Å². The monoisotopic (exact) mass is 282 g/mol. The van der Waals surface area contributed by atoms with E-state index >= 15 is 0 Å². The second kappa shape index (κ2) is 6.26. The van der Waals surface area contributed by atoms with E-state index in [4.69, 9.17) is 16.3 Å². The Morgan fingerprint density at radius 3 is 2.89 bits per heavy atom. The summed E-state index contributed by atoms with van der Waals surface area (Å²) in [6, 6.07) is 5.46. The van der Waals surface area contributed by atoms with Crippen molar-refractivity contribution in [1.82, 2.24) is 10.6 Å². The van der Waals surface area contributed by atoms with Gasteiger partial charge in [0.15, 0.2) is 0 Å². The van der Waals surface area contributed by atoms with Gasteiger partial charge in [-0.15, -0.1) is 0 Å². The molecule has 1 saturated heterocycles. The maximum atomic E-state index is 12.0. The lowest BCUT2D eigenvalue weighted by atomic mass is 9.88.